The number of urea groups is 1. The molecular weight excluding hydrogens is 314 g/mol. The minimum absolute atomic E-state index is 0.0503. The standard InChI is InChI=1S/C20H25N3O2/c24-19-16-10-13(5-4-11(16)6-7-21-19)22-20(25)23-18-9-12-8-17(18)15-3-1-2-14(12)15/h4-5,10,12,14-15,17-18H,1-3,6-9H2,(H,21,24)(H2,22,23,25). The molecule has 0 aromatic heterocycles. The fraction of sp³-hybridized carbons (Fsp3) is 0.600. The van der Waals surface area contributed by atoms with Crippen LogP contribution in [-0.4, -0.2) is 24.5 Å². The Labute approximate surface area is 147 Å². The Hall–Kier alpha value is -2.04. The fourth-order valence-electron chi connectivity index (χ4n) is 6.06. The number of amides is 3. The van der Waals surface area contributed by atoms with Crippen LogP contribution in [0.3, 0.4) is 0 Å². The zero-order chi connectivity index (χ0) is 17.0. The van der Waals surface area contributed by atoms with Crippen LogP contribution < -0.4 is 16.0 Å². The van der Waals surface area contributed by atoms with Gasteiger partial charge in [0.1, 0.15) is 0 Å². The number of carbonyl (C=O) groups excluding carboxylic acids is 2. The first-order valence-electron chi connectivity index (χ1n) is 9.67. The van der Waals surface area contributed by atoms with Crippen LogP contribution in [0.15, 0.2) is 18.2 Å². The average molecular weight is 339 g/mol. The molecule has 0 spiro atoms. The number of hydrogen-bond donors (Lipinski definition) is 3. The molecule has 1 aromatic rings. The first-order valence-corrected chi connectivity index (χ1v) is 9.67. The van der Waals surface area contributed by atoms with Crippen molar-refractivity contribution in [1.82, 2.24) is 10.6 Å². The van der Waals surface area contributed by atoms with E-state index in [0.29, 0.717) is 29.8 Å². The van der Waals surface area contributed by atoms with Crippen LogP contribution in [0.4, 0.5) is 10.5 Å². The number of nitrogens with one attached hydrogen (secondary N) is 3. The molecule has 3 amide bonds. The van der Waals surface area contributed by atoms with Gasteiger partial charge in [0.15, 0.2) is 0 Å². The van der Waals surface area contributed by atoms with Gasteiger partial charge in [-0.1, -0.05) is 12.5 Å². The summed E-state index contributed by atoms with van der Waals surface area (Å²) in [7, 11) is 0. The van der Waals surface area contributed by atoms with E-state index in [2.05, 4.69) is 16.0 Å². The van der Waals surface area contributed by atoms with Crippen molar-refractivity contribution in [2.24, 2.45) is 23.7 Å². The molecule has 5 heteroatoms. The summed E-state index contributed by atoms with van der Waals surface area (Å²) >= 11 is 0. The summed E-state index contributed by atoms with van der Waals surface area (Å²) in [6.45, 7) is 0.686. The minimum atomic E-state index is -0.136. The summed E-state index contributed by atoms with van der Waals surface area (Å²) < 4.78 is 0. The number of carbonyl (C=O) groups is 2. The molecule has 3 N–H and O–H groups in total. The highest BCUT2D eigenvalue weighted by atomic mass is 16.2. The van der Waals surface area contributed by atoms with Crippen molar-refractivity contribution >= 4 is 17.6 Å². The molecule has 3 saturated carbocycles. The van der Waals surface area contributed by atoms with E-state index in [0.717, 1.165) is 36.2 Å². The Morgan fingerprint density at radius 2 is 2.00 bits per heavy atom. The molecule has 1 aromatic carbocycles. The van der Waals surface area contributed by atoms with E-state index in [1.165, 1.54) is 25.7 Å². The molecule has 3 fully saturated rings. The van der Waals surface area contributed by atoms with Crippen LogP contribution in [0.5, 0.6) is 0 Å². The van der Waals surface area contributed by atoms with Crippen LogP contribution >= 0.6 is 0 Å². The smallest absolute Gasteiger partial charge is 0.319 e. The molecular formula is C20H25N3O2. The summed E-state index contributed by atoms with van der Waals surface area (Å²) in [5, 5.41) is 8.99. The maximum absolute atomic E-state index is 12.5. The van der Waals surface area contributed by atoms with Gasteiger partial charge in [0.2, 0.25) is 0 Å². The van der Waals surface area contributed by atoms with Crippen molar-refractivity contribution in [3.8, 4) is 0 Å². The Morgan fingerprint density at radius 3 is 2.92 bits per heavy atom. The van der Waals surface area contributed by atoms with Gasteiger partial charge in [-0.25, -0.2) is 4.79 Å². The van der Waals surface area contributed by atoms with Gasteiger partial charge >= 0.3 is 6.03 Å². The maximum atomic E-state index is 12.5. The van der Waals surface area contributed by atoms with Gasteiger partial charge in [-0.3, -0.25) is 4.79 Å². The van der Waals surface area contributed by atoms with E-state index < -0.39 is 0 Å². The zero-order valence-corrected chi connectivity index (χ0v) is 14.4. The predicted molar refractivity (Wildman–Crippen MR) is 95.5 cm³/mol. The normalized spacial score (nSPS) is 35.0. The molecule has 5 nitrogen and oxygen atoms in total. The highest BCUT2D eigenvalue weighted by molar-refractivity contribution is 5.99. The lowest BCUT2D eigenvalue weighted by atomic mass is 9.79. The third-order valence-electron chi connectivity index (χ3n) is 7.04. The molecule has 1 heterocycles. The van der Waals surface area contributed by atoms with Crippen LogP contribution in [0.25, 0.3) is 0 Å². The summed E-state index contributed by atoms with van der Waals surface area (Å²) in [5.41, 5.74) is 2.42. The van der Waals surface area contributed by atoms with E-state index in [1.54, 1.807) is 6.07 Å². The van der Waals surface area contributed by atoms with Gasteiger partial charge in [0.25, 0.3) is 5.91 Å². The zero-order valence-electron chi connectivity index (χ0n) is 14.4. The van der Waals surface area contributed by atoms with E-state index >= 15 is 0 Å². The second-order valence-corrected chi connectivity index (χ2v) is 8.24. The Bertz CT molecular complexity index is 732. The van der Waals surface area contributed by atoms with Gasteiger partial charge in [-0.2, -0.15) is 0 Å². The summed E-state index contributed by atoms with van der Waals surface area (Å²) in [6.07, 6.45) is 7.43. The minimum Gasteiger partial charge on any atom is -0.352 e. The molecule has 0 radical (unpaired) electrons. The number of hydrogen-bond acceptors (Lipinski definition) is 2. The quantitative estimate of drug-likeness (QED) is 0.775. The van der Waals surface area contributed by atoms with Gasteiger partial charge in [-0.05, 0) is 73.5 Å². The molecule has 0 saturated heterocycles. The third kappa shape index (κ3) is 2.52. The van der Waals surface area contributed by atoms with Crippen molar-refractivity contribution in [2.45, 2.75) is 44.6 Å². The molecule has 5 atom stereocenters. The van der Waals surface area contributed by atoms with E-state index in [4.69, 9.17) is 0 Å². The number of benzene rings is 1. The summed E-state index contributed by atoms with van der Waals surface area (Å²) in [6, 6.07) is 5.82. The largest absolute Gasteiger partial charge is 0.352 e. The van der Waals surface area contributed by atoms with Crippen LogP contribution in [0.1, 0.15) is 48.0 Å². The van der Waals surface area contributed by atoms with Gasteiger partial charge < -0.3 is 16.0 Å². The van der Waals surface area contributed by atoms with Gasteiger partial charge in [0, 0.05) is 23.8 Å². The molecule has 3 aliphatic carbocycles. The van der Waals surface area contributed by atoms with Gasteiger partial charge in [-0.15, -0.1) is 0 Å². The summed E-state index contributed by atoms with van der Waals surface area (Å²) in [5.74, 6) is 3.24. The topological polar surface area (TPSA) is 70.2 Å². The lowest BCUT2D eigenvalue weighted by Crippen LogP contribution is -2.44. The number of rotatable bonds is 2. The monoisotopic (exact) mass is 339 g/mol. The molecule has 4 aliphatic rings. The van der Waals surface area contributed by atoms with Crippen molar-refractivity contribution in [3.63, 3.8) is 0 Å². The molecule has 1 aliphatic heterocycles. The second kappa shape index (κ2) is 5.75. The van der Waals surface area contributed by atoms with E-state index in [1.807, 2.05) is 12.1 Å². The number of fused-ring (bicyclic) bond motifs is 6. The van der Waals surface area contributed by atoms with Crippen LogP contribution in [0, 0.1) is 23.7 Å². The molecule has 25 heavy (non-hydrogen) atoms. The fourth-order valence-corrected chi connectivity index (χ4v) is 6.06. The number of anilines is 1. The predicted octanol–water partition coefficient (Wildman–Crippen LogP) is 2.92. The van der Waals surface area contributed by atoms with E-state index in [9.17, 15) is 9.59 Å². The lowest BCUT2D eigenvalue weighted by molar-refractivity contribution is 0.0946. The summed E-state index contributed by atoms with van der Waals surface area (Å²) in [4.78, 5) is 24.4. The lowest BCUT2D eigenvalue weighted by Gasteiger charge is -2.32. The van der Waals surface area contributed by atoms with E-state index in [-0.39, 0.29) is 11.9 Å². The van der Waals surface area contributed by atoms with Crippen molar-refractivity contribution in [2.75, 3.05) is 11.9 Å². The molecule has 5 unspecified atom stereocenters. The third-order valence-corrected chi connectivity index (χ3v) is 7.04. The molecule has 2 bridgehead atoms. The SMILES string of the molecule is O=C(Nc1ccc2c(c1)C(=O)NCC2)NC1CC2CC1C1CCCC21. The van der Waals surface area contributed by atoms with Crippen molar-refractivity contribution in [3.05, 3.63) is 29.3 Å². The highest BCUT2D eigenvalue weighted by Gasteiger charge is 2.54. The molecule has 5 rings (SSSR count). The van der Waals surface area contributed by atoms with Gasteiger partial charge in [0.05, 0.1) is 0 Å². The Kier molecular flexibility index (Phi) is 3.50. The van der Waals surface area contributed by atoms with Crippen molar-refractivity contribution in [1.29, 1.82) is 0 Å². The van der Waals surface area contributed by atoms with Crippen molar-refractivity contribution < 1.29 is 9.59 Å². The average Bonchev–Trinajstić information content (AvgIpc) is 3.28. The Balaban J connectivity index is 1.24. The first-order chi connectivity index (χ1) is 12.2. The second-order valence-electron chi connectivity index (χ2n) is 8.24. The maximum Gasteiger partial charge on any atom is 0.319 e. The van der Waals surface area contributed by atoms with Crippen LogP contribution in [-0.2, 0) is 6.42 Å². The Morgan fingerprint density at radius 1 is 1.12 bits per heavy atom. The molecule has 132 valence electrons. The first kappa shape index (κ1) is 15.2. The van der Waals surface area contributed by atoms with Crippen LogP contribution in [0.2, 0.25) is 0 Å². The highest BCUT2D eigenvalue weighted by Crippen LogP contribution is 2.58.